The molecule has 0 amide bonds. The lowest BCUT2D eigenvalue weighted by Gasteiger charge is -2.17. The van der Waals surface area contributed by atoms with E-state index in [9.17, 15) is 18.0 Å². The molecule has 1 aliphatic rings. The van der Waals surface area contributed by atoms with Crippen molar-refractivity contribution in [3.8, 4) is 5.75 Å². The third kappa shape index (κ3) is 4.25. The Balaban J connectivity index is 0.00000220. The van der Waals surface area contributed by atoms with E-state index in [0.29, 0.717) is 6.54 Å². The van der Waals surface area contributed by atoms with Crippen molar-refractivity contribution in [2.45, 2.75) is 24.7 Å². The second-order valence-electron chi connectivity index (χ2n) is 4.45. The zero-order valence-corrected chi connectivity index (χ0v) is 12.0. The minimum Gasteiger partial charge on any atom is -0.488 e. The largest absolute Gasteiger partial charge is 0.488 e. The summed E-state index contributed by atoms with van der Waals surface area (Å²) in [4.78, 5) is 11.3. The molecule has 0 saturated carbocycles. The Morgan fingerprint density at radius 2 is 2.00 bits per heavy atom. The predicted molar refractivity (Wildman–Crippen MR) is 71.5 cm³/mol. The van der Waals surface area contributed by atoms with E-state index in [4.69, 9.17) is 4.74 Å². The summed E-state index contributed by atoms with van der Waals surface area (Å²) in [6, 6.07) is 4.48. The smallest absolute Gasteiger partial charge is 0.419 e. The van der Waals surface area contributed by atoms with Gasteiger partial charge in [0.15, 0.2) is 0 Å². The van der Waals surface area contributed by atoms with Gasteiger partial charge in [-0.05, 0) is 12.1 Å². The van der Waals surface area contributed by atoms with Gasteiger partial charge in [0.25, 0.3) is 0 Å². The normalized spacial score (nSPS) is 21.5. The molecule has 21 heavy (non-hydrogen) atoms. The molecule has 2 atom stereocenters. The Labute approximate surface area is 126 Å². The summed E-state index contributed by atoms with van der Waals surface area (Å²) in [6.45, 7) is 0.298. The summed E-state index contributed by atoms with van der Waals surface area (Å²) in [6.07, 6.45) is -4.69. The highest BCUT2D eigenvalue weighted by atomic mass is 35.5. The summed E-state index contributed by atoms with van der Waals surface area (Å²) in [7, 11) is 1.26. The molecule has 0 radical (unpaired) electrons. The molecule has 4 nitrogen and oxygen atoms in total. The molecule has 1 aromatic rings. The minimum atomic E-state index is -4.47. The van der Waals surface area contributed by atoms with E-state index in [1.165, 1.54) is 25.3 Å². The molecule has 1 fully saturated rings. The molecule has 0 aliphatic carbocycles. The lowest BCUT2D eigenvalue weighted by atomic mass is 10.1. The van der Waals surface area contributed by atoms with Crippen molar-refractivity contribution in [1.82, 2.24) is 5.32 Å². The highest BCUT2D eigenvalue weighted by Crippen LogP contribution is 2.36. The van der Waals surface area contributed by atoms with Crippen molar-refractivity contribution in [2.24, 2.45) is 0 Å². The second-order valence-corrected chi connectivity index (χ2v) is 4.45. The van der Waals surface area contributed by atoms with Gasteiger partial charge in [-0.1, -0.05) is 12.1 Å². The number of benzene rings is 1. The Morgan fingerprint density at radius 3 is 2.62 bits per heavy atom. The van der Waals surface area contributed by atoms with Crippen molar-refractivity contribution in [2.75, 3.05) is 13.7 Å². The molecule has 2 rings (SSSR count). The van der Waals surface area contributed by atoms with Gasteiger partial charge in [0.1, 0.15) is 17.9 Å². The number of carbonyl (C=O) groups excluding carboxylic acids is 1. The number of esters is 1. The third-order valence-corrected chi connectivity index (χ3v) is 3.06. The van der Waals surface area contributed by atoms with Gasteiger partial charge in [-0.3, -0.25) is 4.79 Å². The number of ether oxygens (including phenoxy) is 2. The van der Waals surface area contributed by atoms with Crippen LogP contribution in [0.2, 0.25) is 0 Å². The van der Waals surface area contributed by atoms with Crippen LogP contribution in [0.1, 0.15) is 12.0 Å². The van der Waals surface area contributed by atoms with Crippen LogP contribution in [0, 0.1) is 0 Å². The first-order valence-corrected chi connectivity index (χ1v) is 6.06. The van der Waals surface area contributed by atoms with Crippen molar-refractivity contribution in [1.29, 1.82) is 0 Å². The van der Waals surface area contributed by atoms with E-state index >= 15 is 0 Å². The topological polar surface area (TPSA) is 47.6 Å². The van der Waals surface area contributed by atoms with E-state index < -0.39 is 29.9 Å². The van der Waals surface area contributed by atoms with Gasteiger partial charge in [0.2, 0.25) is 0 Å². The van der Waals surface area contributed by atoms with Crippen LogP contribution in [0.5, 0.6) is 5.75 Å². The standard InChI is InChI=1S/C13H14F3NO3.ClH/c1-19-12(18)10-6-8(7-17-10)20-11-5-3-2-4-9(11)13(14,15)16;/h2-5,8,10,17H,6-7H2,1H3;1H/t8-,10-;/m0./s1. The van der Waals surface area contributed by atoms with E-state index in [-0.39, 0.29) is 24.6 Å². The number of rotatable bonds is 3. The summed E-state index contributed by atoms with van der Waals surface area (Å²) in [5.74, 6) is -0.669. The summed E-state index contributed by atoms with van der Waals surface area (Å²) in [5, 5.41) is 2.86. The fourth-order valence-corrected chi connectivity index (χ4v) is 2.10. The zero-order chi connectivity index (χ0) is 14.8. The van der Waals surface area contributed by atoms with Crippen LogP contribution in [0.3, 0.4) is 0 Å². The quantitative estimate of drug-likeness (QED) is 0.867. The van der Waals surface area contributed by atoms with Gasteiger partial charge in [0, 0.05) is 13.0 Å². The maximum absolute atomic E-state index is 12.8. The summed E-state index contributed by atoms with van der Waals surface area (Å²) < 4.78 is 48.4. The first-order valence-electron chi connectivity index (χ1n) is 6.06. The summed E-state index contributed by atoms with van der Waals surface area (Å²) in [5.41, 5.74) is -0.818. The molecular weight excluding hydrogens is 311 g/mol. The highest BCUT2D eigenvalue weighted by Gasteiger charge is 2.36. The maximum Gasteiger partial charge on any atom is 0.419 e. The lowest BCUT2D eigenvalue weighted by molar-refractivity contribution is -0.143. The molecule has 118 valence electrons. The number of hydrogen-bond donors (Lipinski definition) is 1. The number of methoxy groups -OCH3 is 1. The molecule has 1 saturated heterocycles. The van der Waals surface area contributed by atoms with Crippen molar-refractivity contribution in [3.63, 3.8) is 0 Å². The minimum absolute atomic E-state index is 0. The number of hydrogen-bond acceptors (Lipinski definition) is 4. The highest BCUT2D eigenvalue weighted by molar-refractivity contribution is 5.85. The molecule has 1 heterocycles. The molecular formula is C13H15ClF3NO3. The van der Waals surface area contributed by atoms with Gasteiger partial charge in [0.05, 0.1) is 12.7 Å². The molecule has 0 aromatic heterocycles. The van der Waals surface area contributed by atoms with Crippen LogP contribution in [-0.4, -0.2) is 31.8 Å². The van der Waals surface area contributed by atoms with Crippen LogP contribution in [0.25, 0.3) is 0 Å². The number of alkyl halides is 3. The fraction of sp³-hybridized carbons (Fsp3) is 0.462. The van der Waals surface area contributed by atoms with Gasteiger partial charge >= 0.3 is 12.1 Å². The molecule has 0 spiro atoms. The van der Waals surface area contributed by atoms with Gasteiger partial charge in [-0.25, -0.2) is 0 Å². The monoisotopic (exact) mass is 325 g/mol. The maximum atomic E-state index is 12.8. The van der Waals surface area contributed by atoms with Crippen LogP contribution in [0.15, 0.2) is 24.3 Å². The molecule has 0 unspecified atom stereocenters. The van der Waals surface area contributed by atoms with Crippen LogP contribution in [-0.2, 0) is 15.7 Å². The van der Waals surface area contributed by atoms with E-state index in [2.05, 4.69) is 10.1 Å². The van der Waals surface area contributed by atoms with Gasteiger partial charge < -0.3 is 14.8 Å². The Morgan fingerprint density at radius 1 is 1.33 bits per heavy atom. The van der Waals surface area contributed by atoms with Crippen LogP contribution in [0.4, 0.5) is 13.2 Å². The number of halogens is 4. The first kappa shape index (κ1) is 17.6. The molecule has 1 N–H and O–H groups in total. The van der Waals surface area contributed by atoms with Crippen LogP contribution < -0.4 is 10.1 Å². The van der Waals surface area contributed by atoms with Gasteiger partial charge in [-0.15, -0.1) is 12.4 Å². The average Bonchev–Trinajstić information content (AvgIpc) is 2.86. The zero-order valence-electron chi connectivity index (χ0n) is 11.1. The van der Waals surface area contributed by atoms with Crippen molar-refractivity contribution < 1.29 is 27.4 Å². The lowest BCUT2D eigenvalue weighted by Crippen LogP contribution is -2.31. The first-order chi connectivity index (χ1) is 9.41. The van der Waals surface area contributed by atoms with E-state index in [0.717, 1.165) is 6.07 Å². The fourth-order valence-electron chi connectivity index (χ4n) is 2.10. The summed E-state index contributed by atoms with van der Waals surface area (Å²) >= 11 is 0. The number of nitrogens with one attached hydrogen (secondary N) is 1. The molecule has 0 bridgehead atoms. The Kier molecular flexibility index (Phi) is 5.86. The predicted octanol–water partition coefficient (Wildman–Crippen LogP) is 2.41. The molecule has 1 aliphatic heterocycles. The Hall–Kier alpha value is -1.47. The van der Waals surface area contributed by atoms with Crippen LogP contribution >= 0.6 is 12.4 Å². The second kappa shape index (κ2) is 7.00. The Bertz CT molecular complexity index is 496. The van der Waals surface area contributed by atoms with Crippen molar-refractivity contribution in [3.05, 3.63) is 29.8 Å². The molecule has 1 aromatic carbocycles. The number of carbonyl (C=O) groups is 1. The van der Waals surface area contributed by atoms with Crippen molar-refractivity contribution >= 4 is 18.4 Å². The van der Waals surface area contributed by atoms with Gasteiger partial charge in [-0.2, -0.15) is 13.2 Å². The molecule has 8 heteroatoms. The van der Waals surface area contributed by atoms with E-state index in [1.54, 1.807) is 0 Å². The number of para-hydroxylation sites is 1. The van der Waals surface area contributed by atoms with E-state index in [1.807, 2.05) is 0 Å². The SMILES string of the molecule is COC(=O)[C@@H]1C[C@H](Oc2ccccc2C(F)(F)F)CN1.Cl. The average molecular weight is 326 g/mol. The third-order valence-electron chi connectivity index (χ3n) is 3.06.